The van der Waals surface area contributed by atoms with Crippen molar-refractivity contribution in [3.63, 3.8) is 0 Å². The quantitative estimate of drug-likeness (QED) is 0.317. The van der Waals surface area contributed by atoms with Gasteiger partial charge in [0.05, 0.1) is 24.2 Å². The zero-order valence-electron chi connectivity index (χ0n) is 15.9. The van der Waals surface area contributed by atoms with Gasteiger partial charge in [-0.3, -0.25) is 4.18 Å². The summed E-state index contributed by atoms with van der Waals surface area (Å²) in [4.78, 5) is -0.152. The number of hydrogen-bond acceptors (Lipinski definition) is 8. The molecule has 0 aliphatic rings. The summed E-state index contributed by atoms with van der Waals surface area (Å²) < 4.78 is 29.4. The van der Waals surface area contributed by atoms with E-state index in [1.807, 2.05) is 25.1 Å². The molecule has 8 nitrogen and oxygen atoms in total. The van der Waals surface area contributed by atoms with Crippen LogP contribution >= 0.6 is 0 Å². The van der Waals surface area contributed by atoms with Gasteiger partial charge in [-0.05, 0) is 61.0 Å². The number of benzene rings is 3. The molecule has 148 valence electrons. The van der Waals surface area contributed by atoms with E-state index in [4.69, 9.17) is 5.73 Å². The second-order valence-corrected chi connectivity index (χ2v) is 7.74. The van der Waals surface area contributed by atoms with Crippen LogP contribution in [0.5, 0.6) is 0 Å². The molecule has 0 saturated carbocycles. The molecular formula is C20H19N5O3S. The zero-order chi connectivity index (χ0) is 20.9. The maximum Gasteiger partial charge on any atom is 0.299 e. The highest BCUT2D eigenvalue weighted by molar-refractivity contribution is 7.87. The number of nitrogens with zero attached hydrogens (tertiary/aromatic N) is 4. The normalized spacial score (nSPS) is 12.1. The lowest BCUT2D eigenvalue weighted by Gasteiger charge is -2.06. The molecule has 3 aromatic carbocycles. The summed E-state index contributed by atoms with van der Waals surface area (Å²) in [5.74, 6) is 0. The highest BCUT2D eigenvalue weighted by atomic mass is 32.2. The lowest BCUT2D eigenvalue weighted by Crippen LogP contribution is -2.02. The largest absolute Gasteiger partial charge is 0.399 e. The predicted octanol–water partition coefficient (Wildman–Crippen LogP) is 5.74. The van der Waals surface area contributed by atoms with E-state index in [1.165, 1.54) is 12.1 Å². The topological polar surface area (TPSA) is 119 Å². The minimum absolute atomic E-state index is 0.127. The van der Waals surface area contributed by atoms with Crippen LogP contribution < -0.4 is 5.73 Å². The third-order valence-corrected chi connectivity index (χ3v) is 5.26. The number of aryl methyl sites for hydroxylation is 1. The summed E-state index contributed by atoms with van der Waals surface area (Å²) in [5.41, 5.74) is 8.85. The van der Waals surface area contributed by atoms with Gasteiger partial charge >= 0.3 is 0 Å². The maximum absolute atomic E-state index is 12.4. The molecule has 0 unspecified atom stereocenters. The van der Waals surface area contributed by atoms with Gasteiger partial charge in [0.2, 0.25) is 0 Å². The molecule has 0 spiro atoms. The van der Waals surface area contributed by atoms with Gasteiger partial charge in [0.1, 0.15) is 10.6 Å². The highest BCUT2D eigenvalue weighted by Gasteiger charge is 2.19. The van der Waals surface area contributed by atoms with E-state index in [-0.39, 0.29) is 10.6 Å². The van der Waals surface area contributed by atoms with Gasteiger partial charge in [-0.1, -0.05) is 18.2 Å². The van der Waals surface area contributed by atoms with Crippen LogP contribution in [0.4, 0.5) is 28.4 Å². The third kappa shape index (κ3) is 5.09. The molecule has 0 fully saturated rings. The lowest BCUT2D eigenvalue weighted by atomic mass is 10.2. The molecule has 0 aliphatic heterocycles. The molecule has 29 heavy (non-hydrogen) atoms. The maximum atomic E-state index is 12.4. The van der Waals surface area contributed by atoms with Crippen LogP contribution in [0.25, 0.3) is 0 Å². The summed E-state index contributed by atoms with van der Waals surface area (Å²) >= 11 is 0. The fourth-order valence-corrected chi connectivity index (χ4v) is 3.26. The number of rotatable bonds is 6. The molecule has 0 radical (unpaired) electrons. The fraction of sp³-hybridized carbons (Fsp3) is 0.100. The number of nitrogens with two attached hydrogens (primary N) is 1. The summed E-state index contributed by atoms with van der Waals surface area (Å²) in [5, 5.41) is 16.4. The summed E-state index contributed by atoms with van der Waals surface area (Å²) in [6.45, 7) is 1.84. The van der Waals surface area contributed by atoms with E-state index in [0.717, 1.165) is 12.7 Å². The van der Waals surface area contributed by atoms with Crippen LogP contribution in [-0.4, -0.2) is 15.5 Å². The van der Waals surface area contributed by atoms with Crippen molar-refractivity contribution in [3.8, 4) is 0 Å². The Morgan fingerprint density at radius 2 is 1.45 bits per heavy atom. The van der Waals surface area contributed by atoms with E-state index in [2.05, 4.69) is 24.6 Å². The number of hydrogen-bond donors (Lipinski definition) is 1. The van der Waals surface area contributed by atoms with Crippen molar-refractivity contribution in [1.29, 1.82) is 0 Å². The minimum Gasteiger partial charge on any atom is -0.399 e. The van der Waals surface area contributed by atoms with E-state index in [1.54, 1.807) is 36.4 Å². The number of nitrogen functional groups attached to an aromatic ring is 1. The molecule has 0 saturated heterocycles. The summed E-state index contributed by atoms with van der Waals surface area (Å²) in [6, 6.07) is 18.7. The van der Waals surface area contributed by atoms with Crippen molar-refractivity contribution in [2.24, 2.45) is 20.5 Å². The van der Waals surface area contributed by atoms with Gasteiger partial charge in [0, 0.05) is 5.69 Å². The molecule has 0 amide bonds. The van der Waals surface area contributed by atoms with Crippen LogP contribution in [0, 0.1) is 6.92 Å². The Hall–Kier alpha value is -3.43. The lowest BCUT2D eigenvalue weighted by molar-refractivity contribution is 0.398. The van der Waals surface area contributed by atoms with Gasteiger partial charge in [-0.15, -0.1) is 5.11 Å². The smallest absolute Gasteiger partial charge is 0.299 e. The number of azo groups is 2. The van der Waals surface area contributed by atoms with Crippen molar-refractivity contribution >= 4 is 38.6 Å². The van der Waals surface area contributed by atoms with Crippen molar-refractivity contribution in [2.45, 2.75) is 11.8 Å². The van der Waals surface area contributed by atoms with Crippen LogP contribution in [0.15, 0.2) is 92.1 Å². The molecule has 2 N–H and O–H groups in total. The Balaban J connectivity index is 1.98. The van der Waals surface area contributed by atoms with Crippen LogP contribution in [0.2, 0.25) is 0 Å². The van der Waals surface area contributed by atoms with E-state index in [9.17, 15) is 8.42 Å². The van der Waals surface area contributed by atoms with Gasteiger partial charge in [0.25, 0.3) is 10.1 Å². The second kappa shape index (κ2) is 8.72. The molecule has 0 aromatic heterocycles. The first kappa shape index (κ1) is 20.3. The minimum atomic E-state index is -4.03. The first-order valence-corrected chi connectivity index (χ1v) is 9.99. The third-order valence-electron chi connectivity index (χ3n) is 3.96. The van der Waals surface area contributed by atoms with Crippen LogP contribution in [0.1, 0.15) is 5.56 Å². The standard InChI is InChI=1S/C20H19N5O3S/c1-14-12-15(21)8-10-18(14)24-25-19-11-9-17(13-20(19)29(26,27)28-2)23-22-16-6-4-3-5-7-16/h3-13H,21H2,1-2H3. The first-order chi connectivity index (χ1) is 13.9. The number of anilines is 1. The van der Waals surface area contributed by atoms with Crippen LogP contribution in [-0.2, 0) is 14.3 Å². The van der Waals surface area contributed by atoms with E-state index >= 15 is 0 Å². The van der Waals surface area contributed by atoms with Crippen molar-refractivity contribution in [3.05, 3.63) is 72.3 Å². The van der Waals surface area contributed by atoms with E-state index < -0.39 is 10.1 Å². The zero-order valence-corrected chi connectivity index (χ0v) is 16.7. The highest BCUT2D eigenvalue weighted by Crippen LogP contribution is 2.32. The Labute approximate surface area is 168 Å². The molecule has 3 rings (SSSR count). The van der Waals surface area contributed by atoms with E-state index in [0.29, 0.717) is 22.7 Å². The van der Waals surface area contributed by atoms with Crippen LogP contribution in [0.3, 0.4) is 0 Å². The molecular weight excluding hydrogens is 390 g/mol. The second-order valence-electron chi connectivity index (χ2n) is 6.05. The Kier molecular flexibility index (Phi) is 6.10. The molecule has 9 heteroatoms. The van der Waals surface area contributed by atoms with Crippen molar-refractivity contribution in [1.82, 2.24) is 0 Å². The predicted molar refractivity (Wildman–Crippen MR) is 111 cm³/mol. The Bertz CT molecular complexity index is 1180. The summed E-state index contributed by atoms with van der Waals surface area (Å²) in [6.07, 6.45) is 0. The van der Waals surface area contributed by atoms with Crippen molar-refractivity contribution in [2.75, 3.05) is 12.8 Å². The Morgan fingerprint density at radius 1 is 0.793 bits per heavy atom. The first-order valence-electron chi connectivity index (χ1n) is 8.58. The average Bonchev–Trinajstić information content (AvgIpc) is 2.72. The van der Waals surface area contributed by atoms with Gasteiger partial charge in [0.15, 0.2) is 0 Å². The van der Waals surface area contributed by atoms with Gasteiger partial charge in [-0.2, -0.15) is 23.8 Å². The molecule has 0 bridgehead atoms. The molecule has 0 atom stereocenters. The average molecular weight is 409 g/mol. The van der Waals surface area contributed by atoms with Crippen molar-refractivity contribution < 1.29 is 12.6 Å². The fourth-order valence-electron chi connectivity index (χ4n) is 2.45. The molecule has 0 aliphatic carbocycles. The van der Waals surface area contributed by atoms with Gasteiger partial charge in [-0.25, -0.2) is 0 Å². The SMILES string of the molecule is COS(=O)(=O)c1cc(N=Nc2ccccc2)ccc1N=Nc1ccc(N)cc1C. The van der Waals surface area contributed by atoms with Gasteiger partial charge < -0.3 is 5.73 Å². The summed E-state index contributed by atoms with van der Waals surface area (Å²) in [7, 11) is -2.95. The molecule has 3 aromatic rings. The molecule has 0 heterocycles. The monoisotopic (exact) mass is 409 g/mol. The Morgan fingerprint density at radius 3 is 2.14 bits per heavy atom.